The molecule has 5 heteroatoms. The zero-order valence-electron chi connectivity index (χ0n) is 5.16. The average Bonchev–Trinajstić information content (AvgIpc) is 2.63. The summed E-state index contributed by atoms with van der Waals surface area (Å²) in [5, 5.41) is 7.98. The molecule has 0 bridgehead atoms. The first-order valence-electron chi connectivity index (χ1n) is 2.90. The molecule has 0 aliphatic heterocycles. The third-order valence-corrected chi connectivity index (χ3v) is 1.15. The number of carbonyl (C=O) groups excluding carboxylic acids is 1. The van der Waals surface area contributed by atoms with Crippen molar-refractivity contribution < 1.29 is 19.5 Å². The van der Waals surface area contributed by atoms with Gasteiger partial charge < -0.3 is 9.94 Å². The molecule has 1 fully saturated rings. The van der Waals surface area contributed by atoms with Crippen molar-refractivity contribution in [2.45, 2.75) is 12.8 Å². The number of hydrogen-bond donors (Lipinski definition) is 2. The second-order valence-electron chi connectivity index (χ2n) is 2.10. The van der Waals surface area contributed by atoms with E-state index in [0.717, 1.165) is 12.8 Å². The summed E-state index contributed by atoms with van der Waals surface area (Å²) < 4.78 is 0. The molecule has 5 nitrogen and oxygen atoms in total. The van der Waals surface area contributed by atoms with Crippen molar-refractivity contribution in [3.63, 3.8) is 0 Å². The van der Waals surface area contributed by atoms with Gasteiger partial charge in [-0.3, -0.25) is 0 Å². The van der Waals surface area contributed by atoms with Crippen molar-refractivity contribution in [3.8, 4) is 0 Å². The molecule has 0 unspecified atom stereocenters. The van der Waals surface area contributed by atoms with Gasteiger partial charge in [-0.1, -0.05) is 0 Å². The molecule has 1 rings (SSSR count). The SMILES string of the molecule is O=C(O)NOC(=O)C1CC1. The van der Waals surface area contributed by atoms with Crippen LogP contribution in [0.25, 0.3) is 0 Å². The van der Waals surface area contributed by atoms with Crippen LogP contribution in [-0.2, 0) is 9.63 Å². The Kier molecular flexibility index (Phi) is 1.75. The Morgan fingerprint density at radius 2 is 2.10 bits per heavy atom. The largest absolute Gasteiger partial charge is 0.463 e. The summed E-state index contributed by atoms with van der Waals surface area (Å²) in [5.41, 5.74) is 1.53. The monoisotopic (exact) mass is 145 g/mol. The zero-order chi connectivity index (χ0) is 7.56. The Labute approximate surface area is 56.9 Å². The Balaban J connectivity index is 2.12. The number of amides is 1. The number of rotatable bonds is 1. The first kappa shape index (κ1) is 6.85. The number of carbonyl (C=O) groups is 2. The molecule has 0 aromatic rings. The lowest BCUT2D eigenvalue weighted by atomic mass is 10.4. The van der Waals surface area contributed by atoms with Crippen LogP contribution in [0.4, 0.5) is 4.79 Å². The minimum atomic E-state index is -1.35. The average molecular weight is 145 g/mol. The van der Waals surface area contributed by atoms with E-state index in [4.69, 9.17) is 5.11 Å². The van der Waals surface area contributed by atoms with E-state index in [1.54, 1.807) is 0 Å². The highest BCUT2D eigenvalue weighted by Gasteiger charge is 2.31. The van der Waals surface area contributed by atoms with Gasteiger partial charge in [0, 0.05) is 0 Å². The van der Waals surface area contributed by atoms with Crippen molar-refractivity contribution in [2.75, 3.05) is 0 Å². The van der Waals surface area contributed by atoms with Crippen LogP contribution in [0.1, 0.15) is 12.8 Å². The van der Waals surface area contributed by atoms with Crippen molar-refractivity contribution >= 4 is 12.1 Å². The smallest absolute Gasteiger partial charge is 0.438 e. The van der Waals surface area contributed by atoms with Crippen LogP contribution < -0.4 is 5.48 Å². The quantitative estimate of drug-likeness (QED) is 0.514. The molecule has 0 heterocycles. The van der Waals surface area contributed by atoms with E-state index in [1.165, 1.54) is 5.48 Å². The molecular formula is C5H7NO4. The summed E-state index contributed by atoms with van der Waals surface area (Å²) in [5.74, 6) is -0.561. The second kappa shape index (κ2) is 2.55. The standard InChI is InChI=1S/C5H7NO4/c7-4(3-1-2-3)10-6-5(8)9/h3,6H,1-2H2,(H,8,9). The van der Waals surface area contributed by atoms with Crippen molar-refractivity contribution in [3.05, 3.63) is 0 Å². The van der Waals surface area contributed by atoms with Crippen LogP contribution in [0, 0.1) is 5.92 Å². The van der Waals surface area contributed by atoms with Crippen molar-refractivity contribution in [1.82, 2.24) is 5.48 Å². The maximum atomic E-state index is 10.6. The van der Waals surface area contributed by atoms with E-state index in [9.17, 15) is 9.59 Å². The van der Waals surface area contributed by atoms with Gasteiger partial charge in [0.2, 0.25) is 0 Å². The van der Waals surface area contributed by atoms with Crippen molar-refractivity contribution in [2.24, 2.45) is 5.92 Å². The van der Waals surface area contributed by atoms with Gasteiger partial charge in [-0.2, -0.15) is 0 Å². The Morgan fingerprint density at radius 1 is 1.50 bits per heavy atom. The summed E-state index contributed by atoms with van der Waals surface area (Å²) in [6.07, 6.45) is 0.259. The lowest BCUT2D eigenvalue weighted by Crippen LogP contribution is -2.25. The topological polar surface area (TPSA) is 75.6 Å². The fourth-order valence-electron chi connectivity index (χ4n) is 0.496. The number of nitrogens with one attached hydrogen (secondary N) is 1. The minimum absolute atomic E-state index is 0.0770. The van der Waals surface area contributed by atoms with Crippen LogP contribution in [0.15, 0.2) is 0 Å². The summed E-state index contributed by atoms with van der Waals surface area (Å²) >= 11 is 0. The highest BCUT2D eigenvalue weighted by Crippen LogP contribution is 2.29. The summed E-state index contributed by atoms with van der Waals surface area (Å²) in [6.45, 7) is 0. The van der Waals surface area contributed by atoms with Gasteiger partial charge in [0.1, 0.15) is 0 Å². The van der Waals surface area contributed by atoms with Gasteiger partial charge in [0.25, 0.3) is 0 Å². The van der Waals surface area contributed by atoms with Gasteiger partial charge in [-0.25, -0.2) is 9.59 Å². The van der Waals surface area contributed by atoms with Crippen LogP contribution >= 0.6 is 0 Å². The Morgan fingerprint density at radius 3 is 2.50 bits per heavy atom. The van der Waals surface area contributed by atoms with E-state index in [2.05, 4.69) is 4.84 Å². The molecule has 2 N–H and O–H groups in total. The number of hydrogen-bond acceptors (Lipinski definition) is 3. The van der Waals surface area contributed by atoms with Gasteiger partial charge >= 0.3 is 12.1 Å². The molecule has 0 radical (unpaired) electrons. The normalized spacial score (nSPS) is 16.0. The lowest BCUT2D eigenvalue weighted by Gasteiger charge is -1.98. The van der Waals surface area contributed by atoms with E-state index < -0.39 is 12.1 Å². The molecule has 0 atom stereocenters. The summed E-state index contributed by atoms with van der Waals surface area (Å²) in [4.78, 5) is 24.5. The Hall–Kier alpha value is -1.26. The second-order valence-corrected chi connectivity index (χ2v) is 2.10. The van der Waals surface area contributed by atoms with E-state index in [-0.39, 0.29) is 5.92 Å². The molecule has 0 aromatic heterocycles. The van der Waals surface area contributed by atoms with Gasteiger partial charge in [0.15, 0.2) is 0 Å². The highest BCUT2D eigenvalue weighted by molar-refractivity contribution is 5.76. The molecule has 0 spiro atoms. The van der Waals surface area contributed by atoms with Gasteiger partial charge in [0.05, 0.1) is 5.92 Å². The first-order chi connectivity index (χ1) is 4.70. The third kappa shape index (κ3) is 1.93. The summed E-state index contributed by atoms with van der Waals surface area (Å²) in [6, 6.07) is 0. The van der Waals surface area contributed by atoms with Crippen molar-refractivity contribution in [1.29, 1.82) is 0 Å². The predicted octanol–water partition coefficient (Wildman–Crippen LogP) is 0.122. The third-order valence-electron chi connectivity index (χ3n) is 1.15. The summed E-state index contributed by atoms with van der Waals surface area (Å²) in [7, 11) is 0. The van der Waals surface area contributed by atoms with E-state index in [1.807, 2.05) is 0 Å². The van der Waals surface area contributed by atoms with Crippen LogP contribution in [0.2, 0.25) is 0 Å². The Bertz CT molecular complexity index is 163. The maximum absolute atomic E-state index is 10.6. The lowest BCUT2D eigenvalue weighted by molar-refractivity contribution is -0.151. The molecule has 56 valence electrons. The van der Waals surface area contributed by atoms with Gasteiger partial charge in [-0.15, -0.1) is 5.48 Å². The molecule has 0 saturated heterocycles. The molecule has 10 heavy (non-hydrogen) atoms. The molecular weight excluding hydrogens is 138 g/mol. The van der Waals surface area contributed by atoms with Crippen LogP contribution in [-0.4, -0.2) is 17.2 Å². The fourth-order valence-corrected chi connectivity index (χ4v) is 0.496. The molecule has 1 aliphatic rings. The van der Waals surface area contributed by atoms with Gasteiger partial charge in [-0.05, 0) is 12.8 Å². The zero-order valence-corrected chi connectivity index (χ0v) is 5.16. The highest BCUT2D eigenvalue weighted by atomic mass is 16.7. The maximum Gasteiger partial charge on any atom is 0.438 e. The molecule has 1 aliphatic carbocycles. The van der Waals surface area contributed by atoms with Crippen LogP contribution in [0.3, 0.4) is 0 Å². The van der Waals surface area contributed by atoms with E-state index in [0.29, 0.717) is 0 Å². The van der Waals surface area contributed by atoms with E-state index >= 15 is 0 Å². The molecule has 1 amide bonds. The van der Waals surface area contributed by atoms with Crippen LogP contribution in [0.5, 0.6) is 0 Å². The predicted molar refractivity (Wildman–Crippen MR) is 30.0 cm³/mol. The number of hydroxylamine groups is 1. The molecule has 0 aromatic carbocycles. The minimum Gasteiger partial charge on any atom is -0.463 e. The number of carboxylic acid groups (broad SMARTS) is 1. The first-order valence-corrected chi connectivity index (χ1v) is 2.90. The fraction of sp³-hybridized carbons (Fsp3) is 0.600. The molecule has 1 saturated carbocycles.